The minimum absolute atomic E-state index is 0.249. The van der Waals surface area contributed by atoms with Crippen molar-refractivity contribution in [1.82, 2.24) is 9.55 Å². The Morgan fingerprint density at radius 1 is 1.67 bits per heavy atom. The molecule has 1 fully saturated rings. The van der Waals surface area contributed by atoms with Gasteiger partial charge in [-0.25, -0.2) is 4.98 Å². The monoisotopic (exact) mass is 164 g/mol. The lowest BCUT2D eigenvalue weighted by atomic mass is 10.1. The van der Waals surface area contributed by atoms with Gasteiger partial charge < -0.3 is 4.57 Å². The Kier molecular flexibility index (Phi) is 1.94. The van der Waals surface area contributed by atoms with Crippen molar-refractivity contribution in [3.63, 3.8) is 0 Å². The first-order valence-corrected chi connectivity index (χ1v) is 4.35. The quantitative estimate of drug-likeness (QED) is 0.659. The fourth-order valence-electron chi connectivity index (χ4n) is 1.73. The van der Waals surface area contributed by atoms with Crippen molar-refractivity contribution < 1.29 is 4.79 Å². The molecular weight excluding hydrogens is 152 g/mol. The maximum absolute atomic E-state index is 11.3. The molecule has 0 aromatic carbocycles. The van der Waals surface area contributed by atoms with Crippen molar-refractivity contribution >= 4 is 5.78 Å². The molecule has 0 amide bonds. The standard InChI is InChI=1S/C9H12N2O/c12-9-3-1-2-8(9)6-11-5-4-10-7-11/h4-5,7-8H,1-3,6H2/t8-/m1/s1. The van der Waals surface area contributed by atoms with E-state index in [1.54, 1.807) is 12.5 Å². The molecule has 1 aromatic heterocycles. The van der Waals surface area contributed by atoms with Crippen LogP contribution in [0.4, 0.5) is 0 Å². The third-order valence-electron chi connectivity index (χ3n) is 2.42. The number of rotatable bonds is 2. The van der Waals surface area contributed by atoms with E-state index in [-0.39, 0.29) is 5.92 Å². The molecule has 0 bridgehead atoms. The normalized spacial score (nSPS) is 23.3. The zero-order chi connectivity index (χ0) is 8.39. The van der Waals surface area contributed by atoms with Crippen molar-refractivity contribution in [3.8, 4) is 0 Å². The van der Waals surface area contributed by atoms with E-state index in [2.05, 4.69) is 4.98 Å². The third kappa shape index (κ3) is 1.40. The second-order valence-electron chi connectivity index (χ2n) is 3.31. The second-order valence-corrected chi connectivity index (χ2v) is 3.31. The van der Waals surface area contributed by atoms with E-state index in [1.165, 1.54) is 0 Å². The third-order valence-corrected chi connectivity index (χ3v) is 2.42. The fraction of sp³-hybridized carbons (Fsp3) is 0.556. The average molecular weight is 164 g/mol. The predicted molar refractivity (Wildman–Crippen MR) is 44.6 cm³/mol. The highest BCUT2D eigenvalue weighted by molar-refractivity contribution is 5.82. The first-order valence-electron chi connectivity index (χ1n) is 4.35. The number of imidazole rings is 1. The molecule has 1 heterocycles. The Balaban J connectivity index is 1.99. The van der Waals surface area contributed by atoms with Gasteiger partial charge in [-0.2, -0.15) is 0 Å². The van der Waals surface area contributed by atoms with Crippen molar-refractivity contribution in [1.29, 1.82) is 0 Å². The van der Waals surface area contributed by atoms with E-state index in [1.807, 2.05) is 10.8 Å². The van der Waals surface area contributed by atoms with E-state index in [4.69, 9.17) is 0 Å². The summed E-state index contributed by atoms with van der Waals surface area (Å²) in [5, 5.41) is 0. The number of nitrogens with zero attached hydrogens (tertiary/aromatic N) is 2. The summed E-state index contributed by atoms with van der Waals surface area (Å²) < 4.78 is 1.98. The average Bonchev–Trinajstić information content (AvgIpc) is 2.65. The highest BCUT2D eigenvalue weighted by Gasteiger charge is 2.24. The van der Waals surface area contributed by atoms with Crippen LogP contribution in [0.15, 0.2) is 18.7 Å². The van der Waals surface area contributed by atoms with Gasteiger partial charge in [-0.15, -0.1) is 0 Å². The van der Waals surface area contributed by atoms with Gasteiger partial charge in [0.05, 0.1) is 6.33 Å². The molecule has 2 rings (SSSR count). The lowest BCUT2D eigenvalue weighted by Gasteiger charge is -2.07. The number of carbonyl (C=O) groups excluding carboxylic acids is 1. The summed E-state index contributed by atoms with van der Waals surface area (Å²) in [6.45, 7) is 0.818. The summed E-state index contributed by atoms with van der Waals surface area (Å²) >= 11 is 0. The minimum atomic E-state index is 0.249. The zero-order valence-corrected chi connectivity index (χ0v) is 6.94. The first kappa shape index (κ1) is 7.53. The van der Waals surface area contributed by atoms with Crippen molar-refractivity contribution in [2.45, 2.75) is 25.8 Å². The number of ketones is 1. The maximum Gasteiger partial charge on any atom is 0.137 e. The van der Waals surface area contributed by atoms with Crippen LogP contribution in [0.25, 0.3) is 0 Å². The lowest BCUT2D eigenvalue weighted by molar-refractivity contribution is -0.121. The molecule has 1 saturated carbocycles. The topological polar surface area (TPSA) is 34.9 Å². The van der Waals surface area contributed by atoms with E-state index >= 15 is 0 Å². The highest BCUT2D eigenvalue weighted by atomic mass is 16.1. The molecule has 64 valence electrons. The molecule has 12 heavy (non-hydrogen) atoms. The summed E-state index contributed by atoms with van der Waals surface area (Å²) in [7, 11) is 0. The molecule has 3 nitrogen and oxygen atoms in total. The number of Topliss-reactive ketones (excluding diaryl/α,β-unsaturated/α-hetero) is 1. The van der Waals surface area contributed by atoms with Gasteiger partial charge in [0.25, 0.3) is 0 Å². The van der Waals surface area contributed by atoms with Gasteiger partial charge in [-0.05, 0) is 12.8 Å². The van der Waals surface area contributed by atoms with Crippen LogP contribution < -0.4 is 0 Å². The van der Waals surface area contributed by atoms with Gasteiger partial charge in [0.2, 0.25) is 0 Å². The van der Waals surface area contributed by atoms with E-state index in [0.29, 0.717) is 5.78 Å². The Bertz CT molecular complexity index is 266. The molecule has 3 heteroatoms. The Morgan fingerprint density at radius 2 is 2.58 bits per heavy atom. The molecule has 1 atom stereocenters. The number of hydrogen-bond acceptors (Lipinski definition) is 2. The van der Waals surface area contributed by atoms with Crippen LogP contribution in [0.5, 0.6) is 0 Å². The maximum atomic E-state index is 11.3. The minimum Gasteiger partial charge on any atom is -0.337 e. The number of hydrogen-bond donors (Lipinski definition) is 0. The summed E-state index contributed by atoms with van der Waals surface area (Å²) in [6, 6.07) is 0. The smallest absolute Gasteiger partial charge is 0.137 e. The molecule has 0 N–H and O–H groups in total. The van der Waals surface area contributed by atoms with E-state index in [9.17, 15) is 4.79 Å². The summed E-state index contributed by atoms with van der Waals surface area (Å²) in [5.74, 6) is 0.669. The summed E-state index contributed by atoms with van der Waals surface area (Å²) in [6.07, 6.45) is 8.32. The molecule has 1 aliphatic rings. The molecule has 0 unspecified atom stereocenters. The van der Waals surface area contributed by atoms with Gasteiger partial charge in [0, 0.05) is 31.3 Å². The van der Waals surface area contributed by atoms with Crippen LogP contribution in [-0.4, -0.2) is 15.3 Å². The molecule has 1 aromatic rings. The molecule has 0 radical (unpaired) electrons. The number of carbonyl (C=O) groups is 1. The zero-order valence-electron chi connectivity index (χ0n) is 6.94. The van der Waals surface area contributed by atoms with Crippen molar-refractivity contribution in [2.24, 2.45) is 5.92 Å². The van der Waals surface area contributed by atoms with Crippen LogP contribution in [-0.2, 0) is 11.3 Å². The first-order chi connectivity index (χ1) is 5.86. The van der Waals surface area contributed by atoms with E-state index < -0.39 is 0 Å². The second kappa shape index (κ2) is 3.09. The van der Waals surface area contributed by atoms with Gasteiger partial charge in [-0.1, -0.05) is 0 Å². The predicted octanol–water partition coefficient (Wildman–Crippen LogP) is 1.25. The summed E-state index contributed by atoms with van der Waals surface area (Å²) in [5.41, 5.74) is 0. The highest BCUT2D eigenvalue weighted by Crippen LogP contribution is 2.22. The molecule has 0 saturated heterocycles. The van der Waals surface area contributed by atoms with Crippen LogP contribution in [0.1, 0.15) is 19.3 Å². The molecule has 0 aliphatic heterocycles. The van der Waals surface area contributed by atoms with Crippen LogP contribution in [0, 0.1) is 5.92 Å². The molecular formula is C9H12N2O. The van der Waals surface area contributed by atoms with Gasteiger partial charge in [0.15, 0.2) is 0 Å². The summed E-state index contributed by atoms with van der Waals surface area (Å²) in [4.78, 5) is 15.2. The van der Waals surface area contributed by atoms with Gasteiger partial charge >= 0.3 is 0 Å². The van der Waals surface area contributed by atoms with Crippen molar-refractivity contribution in [2.75, 3.05) is 0 Å². The Labute approximate surface area is 71.4 Å². The Hall–Kier alpha value is -1.12. The number of aromatic nitrogens is 2. The van der Waals surface area contributed by atoms with E-state index in [0.717, 1.165) is 25.8 Å². The van der Waals surface area contributed by atoms with Gasteiger partial charge in [0.1, 0.15) is 5.78 Å². The molecule has 1 aliphatic carbocycles. The van der Waals surface area contributed by atoms with Crippen LogP contribution >= 0.6 is 0 Å². The van der Waals surface area contributed by atoms with Crippen LogP contribution in [0.2, 0.25) is 0 Å². The molecule has 0 spiro atoms. The largest absolute Gasteiger partial charge is 0.337 e. The lowest BCUT2D eigenvalue weighted by Crippen LogP contribution is -2.13. The fourth-order valence-corrected chi connectivity index (χ4v) is 1.73. The van der Waals surface area contributed by atoms with Gasteiger partial charge in [-0.3, -0.25) is 4.79 Å². The SMILES string of the molecule is O=C1CCC[C@@H]1Cn1ccnc1. The Morgan fingerprint density at radius 3 is 3.17 bits per heavy atom. The van der Waals surface area contributed by atoms with Crippen LogP contribution in [0.3, 0.4) is 0 Å². The van der Waals surface area contributed by atoms with Crippen molar-refractivity contribution in [3.05, 3.63) is 18.7 Å².